The van der Waals surface area contributed by atoms with E-state index in [2.05, 4.69) is 4.98 Å². The molecule has 16 heavy (non-hydrogen) atoms. The van der Waals surface area contributed by atoms with Gasteiger partial charge in [-0.25, -0.2) is 0 Å². The van der Waals surface area contributed by atoms with E-state index in [1.807, 2.05) is 30.3 Å². The molecule has 0 amide bonds. The molecule has 0 aliphatic rings. The number of aryl methyl sites for hydroxylation is 1. The summed E-state index contributed by atoms with van der Waals surface area (Å²) in [5, 5.41) is 9.82. The van der Waals surface area contributed by atoms with Gasteiger partial charge in [0.15, 0.2) is 0 Å². The number of hydrogen-bond acceptors (Lipinski definition) is 2. The molecule has 2 rings (SSSR count). The highest BCUT2D eigenvalue weighted by Gasteiger charge is 2.09. The van der Waals surface area contributed by atoms with Crippen LogP contribution in [0.3, 0.4) is 0 Å². The monoisotopic (exact) mass is 215 g/mol. The van der Waals surface area contributed by atoms with E-state index in [1.54, 1.807) is 6.92 Å². The van der Waals surface area contributed by atoms with Gasteiger partial charge in [0.2, 0.25) is 0 Å². The maximum atomic E-state index is 11.6. The van der Waals surface area contributed by atoms with E-state index < -0.39 is 0 Å². The van der Waals surface area contributed by atoms with Crippen molar-refractivity contribution in [3.63, 3.8) is 0 Å². The highest BCUT2D eigenvalue weighted by Crippen LogP contribution is 2.19. The number of hydrogen-bond donors (Lipinski definition) is 2. The standard InChI is InChI=1S/C13H13NO2/c1-9-8-14-13(16)11(12(9)15)7-10-5-3-2-4-6-10/h2-6,8H,7H2,1H3,(H2,14,15,16). The van der Waals surface area contributed by atoms with E-state index in [0.29, 0.717) is 17.5 Å². The quantitative estimate of drug-likeness (QED) is 0.804. The average Bonchev–Trinajstić information content (AvgIpc) is 2.31. The van der Waals surface area contributed by atoms with Crippen molar-refractivity contribution in [3.05, 3.63) is 63.6 Å². The van der Waals surface area contributed by atoms with Crippen molar-refractivity contribution < 1.29 is 5.11 Å². The molecule has 2 aromatic rings. The Bertz CT molecular complexity index is 544. The lowest BCUT2D eigenvalue weighted by atomic mass is 10.0. The van der Waals surface area contributed by atoms with E-state index in [9.17, 15) is 9.90 Å². The van der Waals surface area contributed by atoms with Crippen LogP contribution in [0.1, 0.15) is 16.7 Å². The second kappa shape index (κ2) is 4.23. The molecule has 0 aliphatic heterocycles. The number of aromatic hydroxyl groups is 1. The molecule has 0 bridgehead atoms. The summed E-state index contributed by atoms with van der Waals surface area (Å²) in [6, 6.07) is 9.61. The molecule has 1 aromatic heterocycles. The fraction of sp³-hybridized carbons (Fsp3) is 0.154. The van der Waals surface area contributed by atoms with Crippen molar-refractivity contribution in [3.8, 4) is 5.75 Å². The molecular weight excluding hydrogens is 202 g/mol. The van der Waals surface area contributed by atoms with Crippen molar-refractivity contribution in [1.29, 1.82) is 0 Å². The highest BCUT2D eigenvalue weighted by molar-refractivity contribution is 5.39. The third kappa shape index (κ3) is 1.98. The lowest BCUT2D eigenvalue weighted by molar-refractivity contribution is 0.463. The van der Waals surface area contributed by atoms with Crippen LogP contribution >= 0.6 is 0 Å². The average molecular weight is 215 g/mol. The van der Waals surface area contributed by atoms with Gasteiger partial charge in [0.05, 0.1) is 5.56 Å². The van der Waals surface area contributed by atoms with Crippen molar-refractivity contribution in [1.82, 2.24) is 4.98 Å². The fourth-order valence-corrected chi connectivity index (χ4v) is 1.64. The molecule has 0 aliphatic carbocycles. The van der Waals surface area contributed by atoms with Crippen LogP contribution < -0.4 is 5.56 Å². The smallest absolute Gasteiger partial charge is 0.255 e. The SMILES string of the molecule is Cc1c[nH]c(=O)c(Cc2ccccc2)c1O. The third-order valence-electron chi connectivity index (χ3n) is 2.58. The largest absolute Gasteiger partial charge is 0.507 e. The first-order valence-corrected chi connectivity index (χ1v) is 5.12. The molecule has 0 fully saturated rings. The summed E-state index contributed by atoms with van der Waals surface area (Å²) in [7, 11) is 0. The van der Waals surface area contributed by atoms with Crippen LogP contribution in [-0.4, -0.2) is 10.1 Å². The Labute approximate surface area is 93.4 Å². The lowest BCUT2D eigenvalue weighted by Gasteiger charge is -2.05. The summed E-state index contributed by atoms with van der Waals surface area (Å²) < 4.78 is 0. The van der Waals surface area contributed by atoms with Gasteiger partial charge < -0.3 is 10.1 Å². The Morgan fingerprint density at radius 3 is 2.62 bits per heavy atom. The maximum Gasteiger partial charge on any atom is 0.255 e. The van der Waals surface area contributed by atoms with Crippen LogP contribution in [0.25, 0.3) is 0 Å². The molecule has 0 saturated carbocycles. The van der Waals surface area contributed by atoms with Gasteiger partial charge in [0.1, 0.15) is 5.75 Å². The number of benzene rings is 1. The summed E-state index contributed by atoms with van der Waals surface area (Å²) >= 11 is 0. The van der Waals surface area contributed by atoms with E-state index in [0.717, 1.165) is 5.56 Å². The maximum absolute atomic E-state index is 11.6. The Morgan fingerprint density at radius 1 is 1.25 bits per heavy atom. The molecule has 3 nitrogen and oxygen atoms in total. The Balaban J connectivity index is 2.43. The minimum absolute atomic E-state index is 0.0904. The van der Waals surface area contributed by atoms with E-state index in [4.69, 9.17) is 0 Å². The van der Waals surface area contributed by atoms with E-state index >= 15 is 0 Å². The Kier molecular flexibility index (Phi) is 2.77. The Hall–Kier alpha value is -2.03. The molecule has 0 atom stereocenters. The summed E-state index contributed by atoms with van der Waals surface area (Å²) in [5.41, 5.74) is 1.89. The van der Waals surface area contributed by atoms with Crippen LogP contribution in [0.5, 0.6) is 5.75 Å². The van der Waals surface area contributed by atoms with Crippen molar-refractivity contribution in [2.45, 2.75) is 13.3 Å². The zero-order chi connectivity index (χ0) is 11.5. The normalized spacial score (nSPS) is 10.3. The second-order valence-electron chi connectivity index (χ2n) is 3.79. The third-order valence-corrected chi connectivity index (χ3v) is 2.58. The van der Waals surface area contributed by atoms with Crippen LogP contribution in [0.2, 0.25) is 0 Å². The van der Waals surface area contributed by atoms with Gasteiger partial charge in [-0.1, -0.05) is 30.3 Å². The lowest BCUT2D eigenvalue weighted by Crippen LogP contribution is -2.13. The van der Waals surface area contributed by atoms with Crippen molar-refractivity contribution >= 4 is 0 Å². The van der Waals surface area contributed by atoms with Gasteiger partial charge >= 0.3 is 0 Å². The van der Waals surface area contributed by atoms with Gasteiger partial charge in [-0.3, -0.25) is 4.79 Å². The number of pyridine rings is 1. The van der Waals surface area contributed by atoms with Crippen LogP contribution in [-0.2, 0) is 6.42 Å². The molecule has 0 radical (unpaired) electrons. The number of rotatable bonds is 2. The van der Waals surface area contributed by atoms with Crippen LogP contribution in [0, 0.1) is 6.92 Å². The minimum Gasteiger partial charge on any atom is -0.507 e. The molecule has 2 N–H and O–H groups in total. The molecule has 0 saturated heterocycles. The Morgan fingerprint density at radius 2 is 1.94 bits per heavy atom. The van der Waals surface area contributed by atoms with Gasteiger partial charge in [0.25, 0.3) is 5.56 Å². The number of aromatic amines is 1. The van der Waals surface area contributed by atoms with Gasteiger partial charge in [-0.15, -0.1) is 0 Å². The molecule has 1 aromatic carbocycles. The zero-order valence-corrected chi connectivity index (χ0v) is 9.03. The molecule has 1 heterocycles. The molecule has 0 unspecified atom stereocenters. The van der Waals surface area contributed by atoms with Crippen molar-refractivity contribution in [2.24, 2.45) is 0 Å². The van der Waals surface area contributed by atoms with Gasteiger partial charge in [-0.2, -0.15) is 0 Å². The fourth-order valence-electron chi connectivity index (χ4n) is 1.64. The summed E-state index contributed by atoms with van der Waals surface area (Å²) in [5.74, 6) is 0.0904. The van der Waals surface area contributed by atoms with E-state index in [-0.39, 0.29) is 11.3 Å². The summed E-state index contributed by atoms with van der Waals surface area (Å²) in [6.07, 6.45) is 1.97. The molecule has 3 heteroatoms. The molecule has 82 valence electrons. The van der Waals surface area contributed by atoms with E-state index in [1.165, 1.54) is 6.20 Å². The number of H-pyrrole nitrogens is 1. The number of nitrogens with one attached hydrogen (secondary N) is 1. The number of aromatic nitrogens is 1. The topological polar surface area (TPSA) is 53.1 Å². The summed E-state index contributed by atoms with van der Waals surface area (Å²) in [6.45, 7) is 1.76. The first-order valence-electron chi connectivity index (χ1n) is 5.12. The van der Waals surface area contributed by atoms with Crippen LogP contribution in [0.4, 0.5) is 0 Å². The highest BCUT2D eigenvalue weighted by atomic mass is 16.3. The minimum atomic E-state index is -0.230. The summed E-state index contributed by atoms with van der Waals surface area (Å²) in [4.78, 5) is 14.2. The molecular formula is C13H13NO2. The van der Waals surface area contributed by atoms with Crippen LogP contribution in [0.15, 0.2) is 41.3 Å². The second-order valence-corrected chi connectivity index (χ2v) is 3.79. The predicted molar refractivity (Wildman–Crippen MR) is 62.7 cm³/mol. The van der Waals surface area contributed by atoms with Gasteiger partial charge in [0, 0.05) is 18.2 Å². The first-order chi connectivity index (χ1) is 7.68. The predicted octanol–water partition coefficient (Wildman–Crippen LogP) is 1.98. The zero-order valence-electron chi connectivity index (χ0n) is 9.03. The first kappa shape index (κ1) is 10.5. The van der Waals surface area contributed by atoms with Crippen molar-refractivity contribution in [2.75, 3.05) is 0 Å². The van der Waals surface area contributed by atoms with Gasteiger partial charge in [-0.05, 0) is 12.5 Å². The molecule has 0 spiro atoms.